The van der Waals surface area contributed by atoms with Gasteiger partial charge >= 0.3 is 0 Å². The fraction of sp³-hybridized carbons (Fsp3) is 0.100. The molecule has 0 radical (unpaired) electrons. The molecule has 0 spiro atoms. The van der Waals surface area contributed by atoms with Gasteiger partial charge in [0.05, 0.1) is 6.20 Å². The van der Waals surface area contributed by atoms with Gasteiger partial charge in [-0.2, -0.15) is 0 Å². The third-order valence-electron chi connectivity index (χ3n) is 4.23. The lowest BCUT2D eigenvalue weighted by atomic mass is 10.1. The van der Waals surface area contributed by atoms with Crippen molar-refractivity contribution >= 4 is 11.5 Å². The molecule has 0 saturated carbocycles. The SMILES string of the molecule is Oc1ccc(-c2nc3cnccn3c2NCCc2ccccc2)cc1O. The van der Waals surface area contributed by atoms with E-state index in [-0.39, 0.29) is 11.5 Å². The molecule has 130 valence electrons. The summed E-state index contributed by atoms with van der Waals surface area (Å²) in [6, 6.07) is 14.9. The molecular weight excluding hydrogens is 328 g/mol. The number of nitrogens with one attached hydrogen (secondary N) is 1. The highest BCUT2D eigenvalue weighted by Gasteiger charge is 2.15. The Hall–Kier alpha value is -3.54. The van der Waals surface area contributed by atoms with E-state index in [1.807, 2.05) is 28.8 Å². The van der Waals surface area contributed by atoms with Gasteiger partial charge in [-0.05, 0) is 30.2 Å². The summed E-state index contributed by atoms with van der Waals surface area (Å²) in [6.07, 6.45) is 6.11. The molecule has 2 heterocycles. The van der Waals surface area contributed by atoms with Crippen LogP contribution in [0.1, 0.15) is 5.56 Å². The van der Waals surface area contributed by atoms with E-state index in [4.69, 9.17) is 0 Å². The average molecular weight is 346 g/mol. The van der Waals surface area contributed by atoms with E-state index in [1.165, 1.54) is 17.7 Å². The first-order valence-electron chi connectivity index (χ1n) is 8.34. The van der Waals surface area contributed by atoms with E-state index in [0.717, 1.165) is 18.8 Å². The highest BCUT2D eigenvalue weighted by molar-refractivity contribution is 5.77. The molecule has 0 amide bonds. The molecule has 3 N–H and O–H groups in total. The Balaban J connectivity index is 1.68. The highest BCUT2D eigenvalue weighted by Crippen LogP contribution is 2.34. The first kappa shape index (κ1) is 16.0. The number of anilines is 1. The van der Waals surface area contributed by atoms with Gasteiger partial charge in [0, 0.05) is 24.5 Å². The normalized spacial score (nSPS) is 10.9. The Kier molecular flexibility index (Phi) is 4.15. The molecule has 0 aliphatic rings. The molecule has 0 atom stereocenters. The molecule has 4 aromatic rings. The smallest absolute Gasteiger partial charge is 0.158 e. The van der Waals surface area contributed by atoms with Gasteiger partial charge in [0.25, 0.3) is 0 Å². The van der Waals surface area contributed by atoms with Gasteiger partial charge in [0.15, 0.2) is 17.1 Å². The fourth-order valence-electron chi connectivity index (χ4n) is 2.92. The average Bonchev–Trinajstić information content (AvgIpc) is 3.04. The standard InChI is InChI=1S/C20H18N4O2/c25-16-7-6-15(12-17(16)26)19-20(24-11-10-21-13-18(24)23-19)22-9-8-14-4-2-1-3-5-14/h1-7,10-13,22,25-26H,8-9H2. The van der Waals surface area contributed by atoms with Crippen molar-refractivity contribution in [2.75, 3.05) is 11.9 Å². The molecular formula is C20H18N4O2. The number of fused-ring (bicyclic) bond motifs is 1. The number of hydrogen-bond acceptors (Lipinski definition) is 5. The third kappa shape index (κ3) is 3.04. The summed E-state index contributed by atoms with van der Waals surface area (Å²) in [5, 5.41) is 22.8. The first-order valence-corrected chi connectivity index (χ1v) is 8.34. The molecule has 4 rings (SSSR count). The van der Waals surface area contributed by atoms with Crippen molar-refractivity contribution < 1.29 is 10.2 Å². The van der Waals surface area contributed by atoms with E-state index >= 15 is 0 Å². The Morgan fingerprint density at radius 1 is 1.00 bits per heavy atom. The monoisotopic (exact) mass is 346 g/mol. The summed E-state index contributed by atoms with van der Waals surface area (Å²) in [4.78, 5) is 8.74. The van der Waals surface area contributed by atoms with Crippen LogP contribution in [-0.4, -0.2) is 31.1 Å². The van der Waals surface area contributed by atoms with Crippen LogP contribution in [0.15, 0.2) is 67.1 Å². The van der Waals surface area contributed by atoms with Crippen LogP contribution in [0.2, 0.25) is 0 Å². The van der Waals surface area contributed by atoms with Crippen molar-refractivity contribution in [2.45, 2.75) is 6.42 Å². The summed E-state index contributed by atoms with van der Waals surface area (Å²) < 4.78 is 1.93. The van der Waals surface area contributed by atoms with Crippen LogP contribution >= 0.6 is 0 Å². The van der Waals surface area contributed by atoms with E-state index < -0.39 is 0 Å². The minimum absolute atomic E-state index is 0.155. The summed E-state index contributed by atoms with van der Waals surface area (Å²) in [6.45, 7) is 0.733. The van der Waals surface area contributed by atoms with Gasteiger partial charge in [-0.3, -0.25) is 9.38 Å². The Morgan fingerprint density at radius 2 is 1.85 bits per heavy atom. The number of rotatable bonds is 5. The topological polar surface area (TPSA) is 82.7 Å². The molecule has 0 aliphatic carbocycles. The minimum atomic E-state index is -0.173. The van der Waals surface area contributed by atoms with Crippen LogP contribution in [0, 0.1) is 0 Å². The lowest BCUT2D eigenvalue weighted by molar-refractivity contribution is 0.404. The Morgan fingerprint density at radius 3 is 2.65 bits per heavy atom. The summed E-state index contributed by atoms with van der Waals surface area (Å²) in [5.41, 5.74) is 3.36. The maximum absolute atomic E-state index is 9.83. The zero-order chi connectivity index (χ0) is 17.9. The maximum Gasteiger partial charge on any atom is 0.158 e. The van der Waals surface area contributed by atoms with Crippen LogP contribution < -0.4 is 5.32 Å². The predicted molar refractivity (Wildman–Crippen MR) is 100 cm³/mol. The molecule has 0 saturated heterocycles. The molecule has 0 fully saturated rings. The van der Waals surface area contributed by atoms with Gasteiger partial charge in [0.1, 0.15) is 11.5 Å². The van der Waals surface area contributed by atoms with Gasteiger partial charge in [0.2, 0.25) is 0 Å². The lowest BCUT2D eigenvalue weighted by Gasteiger charge is -2.09. The second-order valence-electron chi connectivity index (χ2n) is 5.98. The number of aromatic nitrogens is 3. The number of nitrogens with zero attached hydrogens (tertiary/aromatic N) is 3. The van der Waals surface area contributed by atoms with Crippen LogP contribution in [0.25, 0.3) is 16.9 Å². The highest BCUT2D eigenvalue weighted by atomic mass is 16.3. The first-order chi connectivity index (χ1) is 12.7. The van der Waals surface area contributed by atoms with E-state index in [2.05, 4.69) is 27.4 Å². The van der Waals surface area contributed by atoms with Crippen molar-refractivity contribution in [3.63, 3.8) is 0 Å². The van der Waals surface area contributed by atoms with Crippen LogP contribution in [-0.2, 0) is 6.42 Å². The number of imidazole rings is 1. The predicted octanol–water partition coefficient (Wildman–Crippen LogP) is 3.46. The molecule has 2 aromatic heterocycles. The van der Waals surface area contributed by atoms with E-state index in [1.54, 1.807) is 18.5 Å². The van der Waals surface area contributed by atoms with E-state index in [9.17, 15) is 10.2 Å². The van der Waals surface area contributed by atoms with Crippen LogP contribution in [0.3, 0.4) is 0 Å². The van der Waals surface area contributed by atoms with E-state index in [0.29, 0.717) is 16.9 Å². The van der Waals surface area contributed by atoms with Crippen LogP contribution in [0.5, 0.6) is 11.5 Å². The quantitative estimate of drug-likeness (QED) is 0.482. The molecule has 0 aliphatic heterocycles. The van der Waals surface area contributed by atoms with Crippen molar-refractivity contribution in [2.24, 2.45) is 0 Å². The third-order valence-corrected chi connectivity index (χ3v) is 4.23. The van der Waals surface area contributed by atoms with Gasteiger partial charge in [-0.15, -0.1) is 0 Å². The zero-order valence-corrected chi connectivity index (χ0v) is 14.0. The number of aromatic hydroxyl groups is 2. The zero-order valence-electron chi connectivity index (χ0n) is 14.0. The van der Waals surface area contributed by atoms with Gasteiger partial charge in [-0.1, -0.05) is 30.3 Å². The van der Waals surface area contributed by atoms with Crippen molar-refractivity contribution in [1.82, 2.24) is 14.4 Å². The molecule has 6 nitrogen and oxygen atoms in total. The number of benzene rings is 2. The van der Waals surface area contributed by atoms with Crippen molar-refractivity contribution in [1.29, 1.82) is 0 Å². The minimum Gasteiger partial charge on any atom is -0.504 e. The largest absolute Gasteiger partial charge is 0.504 e. The molecule has 26 heavy (non-hydrogen) atoms. The van der Waals surface area contributed by atoms with Crippen LogP contribution in [0.4, 0.5) is 5.82 Å². The lowest BCUT2D eigenvalue weighted by Crippen LogP contribution is -2.07. The summed E-state index contributed by atoms with van der Waals surface area (Å²) in [7, 11) is 0. The van der Waals surface area contributed by atoms with Crippen molar-refractivity contribution in [3.8, 4) is 22.8 Å². The summed E-state index contributed by atoms with van der Waals surface area (Å²) in [5.74, 6) is 0.495. The number of phenols is 2. The van der Waals surface area contributed by atoms with Gasteiger partial charge < -0.3 is 15.5 Å². The fourth-order valence-corrected chi connectivity index (χ4v) is 2.92. The number of phenolic OH excluding ortho intramolecular Hbond substituents is 2. The van der Waals surface area contributed by atoms with Crippen molar-refractivity contribution in [3.05, 3.63) is 72.7 Å². The second-order valence-corrected chi connectivity index (χ2v) is 5.98. The Labute approximate surface area is 150 Å². The van der Waals surface area contributed by atoms with Gasteiger partial charge in [-0.25, -0.2) is 4.98 Å². The molecule has 0 unspecified atom stereocenters. The number of hydrogen-bond donors (Lipinski definition) is 3. The molecule has 6 heteroatoms. The second kappa shape index (κ2) is 6.76. The molecule has 2 aromatic carbocycles. The molecule has 0 bridgehead atoms. The maximum atomic E-state index is 9.83. The summed E-state index contributed by atoms with van der Waals surface area (Å²) >= 11 is 0. The Bertz CT molecular complexity index is 1040.